The van der Waals surface area contributed by atoms with Crippen LogP contribution in [0.3, 0.4) is 0 Å². The summed E-state index contributed by atoms with van der Waals surface area (Å²) in [5.41, 5.74) is 2.18. The van der Waals surface area contributed by atoms with E-state index in [0.717, 1.165) is 22.7 Å². The largest absolute Gasteiger partial charge is 0.355 e. The quantitative estimate of drug-likeness (QED) is 0.820. The molecule has 0 spiro atoms. The van der Waals surface area contributed by atoms with Gasteiger partial charge >= 0.3 is 0 Å². The molecule has 0 bridgehead atoms. The van der Waals surface area contributed by atoms with Gasteiger partial charge in [0, 0.05) is 30.3 Å². The van der Waals surface area contributed by atoms with E-state index in [-0.39, 0.29) is 30.2 Å². The number of hydrogen-bond acceptors (Lipinski definition) is 4. The molecule has 0 aliphatic heterocycles. The molecule has 2 aromatic rings. The molecule has 0 fully saturated rings. The minimum absolute atomic E-state index is 0.0883. The van der Waals surface area contributed by atoms with E-state index in [1.807, 2.05) is 25.1 Å². The summed E-state index contributed by atoms with van der Waals surface area (Å²) in [4.78, 5) is 26.6. The number of fused-ring (bicyclic) bond motifs is 1. The Kier molecular flexibility index (Phi) is 5.20. The van der Waals surface area contributed by atoms with Crippen molar-refractivity contribution in [3.05, 3.63) is 45.7 Å². The van der Waals surface area contributed by atoms with Crippen molar-refractivity contribution in [1.82, 2.24) is 10.3 Å². The molecule has 23 heavy (non-hydrogen) atoms. The predicted octanol–water partition coefficient (Wildman–Crippen LogP) is 0.930. The van der Waals surface area contributed by atoms with Crippen LogP contribution in [0, 0.1) is 6.92 Å². The van der Waals surface area contributed by atoms with Gasteiger partial charge in [-0.3, -0.25) is 9.59 Å². The van der Waals surface area contributed by atoms with Gasteiger partial charge in [0.05, 0.1) is 5.75 Å². The van der Waals surface area contributed by atoms with Crippen molar-refractivity contribution in [2.45, 2.75) is 19.8 Å². The van der Waals surface area contributed by atoms with Crippen molar-refractivity contribution in [1.29, 1.82) is 0 Å². The standard InChI is InChI=1S/C16H20N2O4S/c1-11-3-4-12-10-13(16(20)18-14(12)9-11)5-6-15(19)17-7-8-23(2,21)22/h3-4,9-10H,5-8H2,1-2H3,(H,17,19)(H,18,20). The molecule has 1 heterocycles. The maximum absolute atomic E-state index is 12.0. The van der Waals surface area contributed by atoms with E-state index in [2.05, 4.69) is 10.3 Å². The van der Waals surface area contributed by atoms with E-state index >= 15 is 0 Å². The Labute approximate surface area is 134 Å². The highest BCUT2D eigenvalue weighted by Crippen LogP contribution is 2.13. The van der Waals surface area contributed by atoms with Crippen LogP contribution in [-0.2, 0) is 21.1 Å². The number of carbonyl (C=O) groups is 1. The van der Waals surface area contributed by atoms with Crippen molar-refractivity contribution in [3.63, 3.8) is 0 Å². The fourth-order valence-electron chi connectivity index (χ4n) is 2.26. The second kappa shape index (κ2) is 6.95. The molecule has 0 aliphatic carbocycles. The van der Waals surface area contributed by atoms with Gasteiger partial charge < -0.3 is 10.3 Å². The number of H-pyrrole nitrogens is 1. The number of aromatic amines is 1. The molecule has 7 heteroatoms. The normalized spacial score (nSPS) is 11.6. The molecule has 0 saturated heterocycles. The van der Waals surface area contributed by atoms with Crippen LogP contribution in [0.2, 0.25) is 0 Å². The van der Waals surface area contributed by atoms with Crippen LogP contribution in [0.5, 0.6) is 0 Å². The van der Waals surface area contributed by atoms with Crippen molar-refractivity contribution < 1.29 is 13.2 Å². The SMILES string of the molecule is Cc1ccc2cc(CCC(=O)NCCS(C)(=O)=O)c(=O)[nH]c2c1. The molecule has 2 N–H and O–H groups in total. The Morgan fingerprint density at radius 3 is 2.70 bits per heavy atom. The fourth-order valence-corrected chi connectivity index (χ4v) is 2.73. The number of aromatic nitrogens is 1. The van der Waals surface area contributed by atoms with Crippen LogP contribution >= 0.6 is 0 Å². The van der Waals surface area contributed by atoms with Gasteiger partial charge in [-0.05, 0) is 36.4 Å². The molecule has 2 rings (SSSR count). The molecule has 0 radical (unpaired) electrons. The summed E-state index contributed by atoms with van der Waals surface area (Å²) in [6, 6.07) is 7.58. The first-order valence-electron chi connectivity index (χ1n) is 7.31. The van der Waals surface area contributed by atoms with Gasteiger partial charge in [0.2, 0.25) is 5.91 Å². The van der Waals surface area contributed by atoms with Gasteiger partial charge in [-0.25, -0.2) is 8.42 Å². The number of aryl methyl sites for hydroxylation is 2. The van der Waals surface area contributed by atoms with Crippen molar-refractivity contribution in [2.75, 3.05) is 18.6 Å². The van der Waals surface area contributed by atoms with Gasteiger partial charge in [0.15, 0.2) is 0 Å². The molecule has 6 nitrogen and oxygen atoms in total. The van der Waals surface area contributed by atoms with Gasteiger partial charge in [-0.1, -0.05) is 12.1 Å². The minimum atomic E-state index is -3.09. The Morgan fingerprint density at radius 1 is 1.26 bits per heavy atom. The molecule has 0 aliphatic rings. The first kappa shape index (κ1) is 17.2. The molecule has 1 amide bonds. The number of hydrogen-bond donors (Lipinski definition) is 2. The van der Waals surface area contributed by atoms with Crippen LogP contribution in [0.1, 0.15) is 17.5 Å². The second-order valence-electron chi connectivity index (χ2n) is 5.69. The third-order valence-electron chi connectivity index (χ3n) is 3.49. The number of benzene rings is 1. The first-order valence-corrected chi connectivity index (χ1v) is 9.38. The van der Waals surface area contributed by atoms with E-state index in [1.54, 1.807) is 6.07 Å². The lowest BCUT2D eigenvalue weighted by Crippen LogP contribution is -2.29. The van der Waals surface area contributed by atoms with Crippen LogP contribution in [0.15, 0.2) is 29.1 Å². The molecular formula is C16H20N2O4S. The molecule has 0 unspecified atom stereocenters. The van der Waals surface area contributed by atoms with Crippen LogP contribution in [0.25, 0.3) is 10.9 Å². The summed E-state index contributed by atoms with van der Waals surface area (Å²) in [5.74, 6) is -0.355. The average Bonchev–Trinajstić information content (AvgIpc) is 2.43. The third kappa shape index (κ3) is 5.21. The van der Waals surface area contributed by atoms with E-state index in [0.29, 0.717) is 12.0 Å². The lowest BCUT2D eigenvalue weighted by Gasteiger charge is -2.06. The second-order valence-corrected chi connectivity index (χ2v) is 7.95. The molecule has 124 valence electrons. The molecule has 1 aromatic carbocycles. The van der Waals surface area contributed by atoms with E-state index in [9.17, 15) is 18.0 Å². The van der Waals surface area contributed by atoms with Gasteiger partial charge in [-0.15, -0.1) is 0 Å². The summed E-state index contributed by atoms with van der Waals surface area (Å²) in [6.07, 6.45) is 1.57. The number of rotatable bonds is 6. The fraction of sp³-hybridized carbons (Fsp3) is 0.375. The predicted molar refractivity (Wildman–Crippen MR) is 90.3 cm³/mol. The van der Waals surface area contributed by atoms with Crippen molar-refractivity contribution in [2.24, 2.45) is 0 Å². The monoisotopic (exact) mass is 336 g/mol. The Bertz CT molecular complexity index is 885. The molecular weight excluding hydrogens is 316 g/mol. The Hall–Kier alpha value is -2.15. The topological polar surface area (TPSA) is 96.1 Å². The number of carbonyl (C=O) groups excluding carboxylic acids is 1. The van der Waals surface area contributed by atoms with Crippen LogP contribution in [-0.4, -0.2) is 37.9 Å². The summed E-state index contributed by atoms with van der Waals surface area (Å²) < 4.78 is 22.0. The maximum Gasteiger partial charge on any atom is 0.251 e. The summed E-state index contributed by atoms with van der Waals surface area (Å²) in [5, 5.41) is 3.46. The summed E-state index contributed by atoms with van der Waals surface area (Å²) in [7, 11) is -3.09. The third-order valence-corrected chi connectivity index (χ3v) is 4.44. The average molecular weight is 336 g/mol. The molecule has 0 saturated carbocycles. The molecule has 0 atom stereocenters. The maximum atomic E-state index is 12.0. The lowest BCUT2D eigenvalue weighted by atomic mass is 10.1. The van der Waals surface area contributed by atoms with Crippen molar-refractivity contribution in [3.8, 4) is 0 Å². The van der Waals surface area contributed by atoms with Gasteiger partial charge in [0.25, 0.3) is 5.56 Å². The minimum Gasteiger partial charge on any atom is -0.355 e. The summed E-state index contributed by atoms with van der Waals surface area (Å²) >= 11 is 0. The molecule has 1 aromatic heterocycles. The smallest absolute Gasteiger partial charge is 0.251 e. The van der Waals surface area contributed by atoms with Gasteiger partial charge in [0.1, 0.15) is 9.84 Å². The van der Waals surface area contributed by atoms with E-state index in [1.165, 1.54) is 0 Å². The Balaban J connectivity index is 1.99. The zero-order valence-corrected chi connectivity index (χ0v) is 14.0. The van der Waals surface area contributed by atoms with Crippen LogP contribution in [0.4, 0.5) is 0 Å². The number of pyridine rings is 1. The highest BCUT2D eigenvalue weighted by Gasteiger charge is 2.08. The first-order chi connectivity index (χ1) is 10.7. The van der Waals surface area contributed by atoms with E-state index in [4.69, 9.17) is 0 Å². The lowest BCUT2D eigenvalue weighted by molar-refractivity contribution is -0.120. The van der Waals surface area contributed by atoms with Crippen molar-refractivity contribution >= 4 is 26.6 Å². The number of sulfone groups is 1. The van der Waals surface area contributed by atoms with Crippen LogP contribution < -0.4 is 10.9 Å². The van der Waals surface area contributed by atoms with Gasteiger partial charge in [-0.2, -0.15) is 0 Å². The highest BCUT2D eigenvalue weighted by atomic mass is 32.2. The zero-order chi connectivity index (χ0) is 17.0. The Morgan fingerprint density at radius 2 is 2.00 bits per heavy atom. The number of amides is 1. The zero-order valence-electron chi connectivity index (χ0n) is 13.2. The number of nitrogens with one attached hydrogen (secondary N) is 2. The van der Waals surface area contributed by atoms with E-state index < -0.39 is 9.84 Å². The highest BCUT2D eigenvalue weighted by molar-refractivity contribution is 7.90. The summed E-state index contributed by atoms with van der Waals surface area (Å²) in [6.45, 7) is 2.04.